The Hall–Kier alpha value is -1.56. The van der Waals surface area contributed by atoms with Gasteiger partial charge in [0.15, 0.2) is 0 Å². The van der Waals surface area contributed by atoms with E-state index in [-0.39, 0.29) is 0 Å². The Morgan fingerprint density at radius 1 is 1.31 bits per heavy atom. The maximum absolute atomic E-state index is 5.60. The van der Waals surface area contributed by atoms with Crippen molar-refractivity contribution >= 4 is 17.6 Å². The molecule has 0 radical (unpaired) electrons. The van der Waals surface area contributed by atoms with E-state index < -0.39 is 0 Å². The minimum atomic E-state index is 0.552. The van der Waals surface area contributed by atoms with Crippen LogP contribution in [-0.4, -0.2) is 20.2 Å². The number of nitrogen functional groups attached to an aromatic ring is 1. The lowest BCUT2D eigenvalue weighted by Gasteiger charge is -1.96. The van der Waals surface area contributed by atoms with Crippen molar-refractivity contribution in [2.24, 2.45) is 0 Å². The van der Waals surface area contributed by atoms with E-state index in [9.17, 15) is 0 Å². The molecular weight excluding hydrogens is 186 g/mol. The van der Waals surface area contributed by atoms with Crippen LogP contribution in [0.15, 0.2) is 34.7 Å². The van der Waals surface area contributed by atoms with E-state index in [1.165, 1.54) is 11.8 Å². The lowest BCUT2D eigenvalue weighted by molar-refractivity contribution is 1.06. The Morgan fingerprint density at radius 2 is 2.23 bits per heavy atom. The normalized spacial score (nSPS) is 10.2. The van der Waals surface area contributed by atoms with E-state index >= 15 is 0 Å². The van der Waals surface area contributed by atoms with Gasteiger partial charge in [-0.3, -0.25) is 10.1 Å². The van der Waals surface area contributed by atoms with Gasteiger partial charge < -0.3 is 5.73 Å². The predicted molar refractivity (Wildman–Crippen MR) is 49.2 cm³/mol. The SMILES string of the molecule is Nc1[nH]ncc1Sc1cnccn1. The summed E-state index contributed by atoms with van der Waals surface area (Å²) in [6.45, 7) is 0. The van der Waals surface area contributed by atoms with Gasteiger partial charge in [0.1, 0.15) is 10.8 Å². The number of anilines is 1. The van der Waals surface area contributed by atoms with Gasteiger partial charge in [0.25, 0.3) is 0 Å². The molecular formula is C7H7N5S. The van der Waals surface area contributed by atoms with Crippen molar-refractivity contribution in [3.63, 3.8) is 0 Å². The second-order valence-corrected chi connectivity index (χ2v) is 3.36. The Balaban J connectivity index is 2.20. The molecule has 0 spiro atoms. The largest absolute Gasteiger partial charge is 0.383 e. The lowest BCUT2D eigenvalue weighted by Crippen LogP contribution is -1.86. The van der Waals surface area contributed by atoms with Gasteiger partial charge in [0, 0.05) is 12.4 Å². The Bertz CT molecular complexity index is 385. The van der Waals surface area contributed by atoms with Crippen LogP contribution in [0.25, 0.3) is 0 Å². The fraction of sp³-hybridized carbons (Fsp3) is 0. The summed E-state index contributed by atoms with van der Waals surface area (Å²) in [5, 5.41) is 7.25. The number of aromatic nitrogens is 4. The van der Waals surface area contributed by atoms with Crippen molar-refractivity contribution in [1.29, 1.82) is 0 Å². The maximum Gasteiger partial charge on any atom is 0.133 e. The Kier molecular flexibility index (Phi) is 2.13. The molecule has 2 heterocycles. The summed E-state index contributed by atoms with van der Waals surface area (Å²) in [7, 11) is 0. The molecule has 3 N–H and O–H groups in total. The average Bonchev–Trinajstić information content (AvgIpc) is 2.54. The van der Waals surface area contributed by atoms with Crippen LogP contribution < -0.4 is 5.73 Å². The molecule has 0 fully saturated rings. The summed E-state index contributed by atoms with van der Waals surface area (Å²) in [5.74, 6) is 0.552. The molecule has 13 heavy (non-hydrogen) atoms. The summed E-state index contributed by atoms with van der Waals surface area (Å²) in [6, 6.07) is 0. The van der Waals surface area contributed by atoms with E-state index in [4.69, 9.17) is 5.73 Å². The topological polar surface area (TPSA) is 80.5 Å². The number of hydrogen-bond acceptors (Lipinski definition) is 5. The van der Waals surface area contributed by atoms with Gasteiger partial charge in [0.05, 0.1) is 17.3 Å². The van der Waals surface area contributed by atoms with Crippen LogP contribution in [0.4, 0.5) is 5.82 Å². The third kappa shape index (κ3) is 1.78. The van der Waals surface area contributed by atoms with Crippen molar-refractivity contribution in [3.05, 3.63) is 24.8 Å². The zero-order chi connectivity index (χ0) is 9.10. The highest BCUT2D eigenvalue weighted by Gasteiger charge is 2.03. The maximum atomic E-state index is 5.60. The molecule has 0 atom stereocenters. The molecule has 6 heteroatoms. The van der Waals surface area contributed by atoms with Crippen molar-refractivity contribution in [2.75, 3.05) is 5.73 Å². The minimum absolute atomic E-state index is 0.552. The first kappa shape index (κ1) is 8.06. The number of hydrogen-bond donors (Lipinski definition) is 2. The van der Waals surface area contributed by atoms with Crippen molar-refractivity contribution in [3.8, 4) is 0 Å². The van der Waals surface area contributed by atoms with Gasteiger partial charge >= 0.3 is 0 Å². The number of H-pyrrole nitrogens is 1. The van der Waals surface area contributed by atoms with E-state index in [2.05, 4.69) is 20.2 Å². The monoisotopic (exact) mass is 193 g/mol. The summed E-state index contributed by atoms with van der Waals surface area (Å²) < 4.78 is 0. The van der Waals surface area contributed by atoms with Crippen molar-refractivity contribution in [2.45, 2.75) is 9.92 Å². The number of aromatic amines is 1. The molecule has 0 bridgehead atoms. The molecule has 0 amide bonds. The molecule has 0 saturated heterocycles. The van der Waals surface area contributed by atoms with E-state index in [1.54, 1.807) is 24.8 Å². The van der Waals surface area contributed by atoms with E-state index in [0.29, 0.717) is 5.82 Å². The molecule has 0 aliphatic heterocycles. The minimum Gasteiger partial charge on any atom is -0.383 e. The molecule has 5 nitrogen and oxygen atoms in total. The molecule has 2 aromatic rings. The van der Waals surface area contributed by atoms with Crippen molar-refractivity contribution in [1.82, 2.24) is 20.2 Å². The Labute approximate surface area is 78.8 Å². The van der Waals surface area contributed by atoms with Crippen LogP contribution in [0, 0.1) is 0 Å². The van der Waals surface area contributed by atoms with Gasteiger partial charge in [0.2, 0.25) is 0 Å². The highest BCUT2D eigenvalue weighted by Crippen LogP contribution is 2.27. The molecule has 0 saturated carbocycles. The molecule has 0 aliphatic rings. The molecule has 66 valence electrons. The number of rotatable bonds is 2. The predicted octanol–water partition coefficient (Wildman–Crippen LogP) is 0.933. The zero-order valence-corrected chi connectivity index (χ0v) is 7.45. The van der Waals surface area contributed by atoms with Gasteiger partial charge in [-0.05, 0) is 0 Å². The Morgan fingerprint density at radius 3 is 2.85 bits per heavy atom. The summed E-state index contributed by atoms with van der Waals surface area (Å²) in [4.78, 5) is 8.90. The highest BCUT2D eigenvalue weighted by atomic mass is 32.2. The molecule has 0 unspecified atom stereocenters. The summed E-state index contributed by atoms with van der Waals surface area (Å²) in [5.41, 5.74) is 5.60. The quantitative estimate of drug-likeness (QED) is 0.741. The molecule has 0 aliphatic carbocycles. The van der Waals surface area contributed by atoms with E-state index in [0.717, 1.165) is 9.92 Å². The van der Waals surface area contributed by atoms with Crippen LogP contribution in [0.1, 0.15) is 0 Å². The van der Waals surface area contributed by atoms with Crippen LogP contribution in [0.3, 0.4) is 0 Å². The molecule has 0 aromatic carbocycles. The van der Waals surface area contributed by atoms with Gasteiger partial charge in [-0.25, -0.2) is 4.98 Å². The summed E-state index contributed by atoms with van der Waals surface area (Å²) >= 11 is 1.43. The second kappa shape index (κ2) is 3.44. The van der Waals surface area contributed by atoms with Crippen LogP contribution in [0.5, 0.6) is 0 Å². The van der Waals surface area contributed by atoms with Gasteiger partial charge in [-0.2, -0.15) is 5.10 Å². The average molecular weight is 193 g/mol. The standard InChI is InChI=1S/C7H7N5S/c8-7-5(3-11-12-7)13-6-4-9-1-2-10-6/h1-4H,(H3,8,11,12). The number of nitrogens with two attached hydrogens (primary N) is 1. The highest BCUT2D eigenvalue weighted by molar-refractivity contribution is 7.99. The fourth-order valence-electron chi connectivity index (χ4n) is 0.817. The zero-order valence-electron chi connectivity index (χ0n) is 6.64. The first-order chi connectivity index (χ1) is 6.36. The van der Waals surface area contributed by atoms with E-state index in [1.807, 2.05) is 0 Å². The van der Waals surface area contributed by atoms with Crippen LogP contribution in [0.2, 0.25) is 0 Å². The second-order valence-electron chi connectivity index (χ2n) is 2.29. The molecule has 2 aromatic heterocycles. The van der Waals surface area contributed by atoms with Crippen LogP contribution >= 0.6 is 11.8 Å². The lowest BCUT2D eigenvalue weighted by atomic mass is 10.7. The third-order valence-electron chi connectivity index (χ3n) is 1.39. The summed E-state index contributed by atoms with van der Waals surface area (Å²) in [6.07, 6.45) is 6.60. The first-order valence-corrected chi connectivity index (χ1v) is 4.40. The fourth-order valence-corrected chi connectivity index (χ4v) is 1.53. The smallest absolute Gasteiger partial charge is 0.133 e. The van der Waals surface area contributed by atoms with Gasteiger partial charge in [-0.1, -0.05) is 11.8 Å². The first-order valence-electron chi connectivity index (χ1n) is 3.59. The number of nitrogens with one attached hydrogen (secondary N) is 1. The number of nitrogens with zero attached hydrogens (tertiary/aromatic N) is 3. The third-order valence-corrected chi connectivity index (χ3v) is 2.35. The van der Waals surface area contributed by atoms with Gasteiger partial charge in [-0.15, -0.1) is 0 Å². The van der Waals surface area contributed by atoms with Crippen LogP contribution in [-0.2, 0) is 0 Å². The van der Waals surface area contributed by atoms with Crippen molar-refractivity contribution < 1.29 is 0 Å². The molecule has 2 rings (SSSR count).